The molecule has 0 atom stereocenters. The van der Waals surface area contributed by atoms with Crippen molar-refractivity contribution in [2.75, 3.05) is 13.7 Å². The first kappa shape index (κ1) is 11.2. The molecule has 1 N–H and O–H groups in total. The number of carbonyl (C=O) groups is 2. The fourth-order valence-corrected chi connectivity index (χ4v) is 1.02. The van der Waals surface area contributed by atoms with Crippen molar-refractivity contribution in [2.24, 2.45) is 0 Å². The van der Waals surface area contributed by atoms with E-state index in [1.54, 1.807) is 24.3 Å². The number of nitrogens with one attached hydrogen (secondary N) is 1. The molecule has 0 saturated heterocycles. The molecule has 4 nitrogen and oxygen atoms in total. The maximum absolute atomic E-state index is 11.4. The van der Waals surface area contributed by atoms with Crippen LogP contribution in [0.4, 0.5) is 0 Å². The minimum Gasteiger partial charge on any atom is -0.469 e. The Balaban J connectivity index is 2.34. The number of esters is 1. The summed E-state index contributed by atoms with van der Waals surface area (Å²) in [6, 6.07) is 9.46. The van der Waals surface area contributed by atoms with Gasteiger partial charge in [0.25, 0.3) is 5.91 Å². The van der Waals surface area contributed by atoms with Crippen LogP contribution in [0, 0.1) is 6.07 Å². The molecule has 0 saturated carbocycles. The molecule has 0 unspecified atom stereocenters. The van der Waals surface area contributed by atoms with Gasteiger partial charge < -0.3 is 10.1 Å². The average Bonchev–Trinajstić information content (AvgIpc) is 2.29. The molecule has 0 aliphatic heterocycles. The van der Waals surface area contributed by atoms with E-state index in [0.717, 1.165) is 0 Å². The van der Waals surface area contributed by atoms with Gasteiger partial charge in [-0.15, -0.1) is 0 Å². The van der Waals surface area contributed by atoms with Gasteiger partial charge >= 0.3 is 5.97 Å². The summed E-state index contributed by atoms with van der Waals surface area (Å²) in [6.07, 6.45) is 0.182. The summed E-state index contributed by atoms with van der Waals surface area (Å²) in [6.45, 7) is 0.282. The van der Waals surface area contributed by atoms with Crippen LogP contribution in [0.25, 0.3) is 0 Å². The number of benzene rings is 1. The molecule has 1 aromatic carbocycles. The number of amides is 1. The van der Waals surface area contributed by atoms with Crippen molar-refractivity contribution in [1.82, 2.24) is 5.32 Å². The third-order valence-electron chi connectivity index (χ3n) is 1.82. The van der Waals surface area contributed by atoms with Crippen LogP contribution in [0.5, 0.6) is 0 Å². The van der Waals surface area contributed by atoms with Crippen LogP contribution in [-0.4, -0.2) is 25.5 Å². The third kappa shape index (κ3) is 3.81. The summed E-state index contributed by atoms with van der Waals surface area (Å²) in [7, 11) is 1.32. The van der Waals surface area contributed by atoms with E-state index in [1.807, 2.05) is 0 Å². The van der Waals surface area contributed by atoms with Crippen molar-refractivity contribution in [3.8, 4) is 0 Å². The number of rotatable bonds is 4. The minimum atomic E-state index is -0.336. The molecule has 0 aliphatic carbocycles. The van der Waals surface area contributed by atoms with Crippen LogP contribution in [0.2, 0.25) is 0 Å². The van der Waals surface area contributed by atoms with Crippen molar-refractivity contribution >= 4 is 11.9 Å². The molecule has 0 spiro atoms. The van der Waals surface area contributed by atoms with E-state index in [9.17, 15) is 9.59 Å². The molecule has 0 fully saturated rings. The quantitative estimate of drug-likeness (QED) is 0.740. The highest BCUT2D eigenvalue weighted by Gasteiger charge is 2.05. The first-order chi connectivity index (χ1) is 7.24. The lowest BCUT2D eigenvalue weighted by Crippen LogP contribution is -2.26. The Hall–Kier alpha value is -1.84. The van der Waals surface area contributed by atoms with Crippen LogP contribution in [0.1, 0.15) is 16.8 Å². The Morgan fingerprint density at radius 2 is 2.07 bits per heavy atom. The summed E-state index contributed by atoms with van der Waals surface area (Å²) in [5.41, 5.74) is 0.554. The second-order valence-electron chi connectivity index (χ2n) is 2.87. The van der Waals surface area contributed by atoms with Crippen LogP contribution >= 0.6 is 0 Å². The highest BCUT2D eigenvalue weighted by molar-refractivity contribution is 5.94. The highest BCUT2D eigenvalue weighted by atomic mass is 16.5. The van der Waals surface area contributed by atoms with Crippen LogP contribution < -0.4 is 5.32 Å². The molecule has 0 heterocycles. The van der Waals surface area contributed by atoms with Gasteiger partial charge in [-0.05, 0) is 18.2 Å². The molecule has 0 aromatic heterocycles. The Morgan fingerprint density at radius 1 is 1.40 bits per heavy atom. The largest absolute Gasteiger partial charge is 0.469 e. The average molecular weight is 206 g/mol. The molecule has 0 bridgehead atoms. The Bertz CT molecular complexity index is 335. The van der Waals surface area contributed by atoms with Crippen LogP contribution in [0.3, 0.4) is 0 Å². The summed E-state index contributed by atoms with van der Waals surface area (Å²) in [5, 5.41) is 2.61. The van der Waals surface area contributed by atoms with Gasteiger partial charge in [0.1, 0.15) is 0 Å². The predicted molar refractivity (Wildman–Crippen MR) is 54.2 cm³/mol. The Morgan fingerprint density at radius 3 is 2.67 bits per heavy atom. The summed E-state index contributed by atoms with van der Waals surface area (Å²) in [5.74, 6) is -0.537. The first-order valence-corrected chi connectivity index (χ1v) is 4.55. The van der Waals surface area contributed by atoms with Gasteiger partial charge in [-0.1, -0.05) is 12.1 Å². The lowest BCUT2D eigenvalue weighted by atomic mass is 10.2. The Labute approximate surface area is 88.2 Å². The monoisotopic (exact) mass is 206 g/mol. The van der Waals surface area contributed by atoms with Gasteiger partial charge in [0.2, 0.25) is 0 Å². The normalized spacial score (nSPS) is 9.40. The lowest BCUT2D eigenvalue weighted by molar-refractivity contribution is -0.140. The summed E-state index contributed by atoms with van der Waals surface area (Å²) >= 11 is 0. The molecule has 15 heavy (non-hydrogen) atoms. The smallest absolute Gasteiger partial charge is 0.307 e. The topological polar surface area (TPSA) is 55.4 Å². The zero-order valence-electron chi connectivity index (χ0n) is 8.45. The number of hydrogen-bond donors (Lipinski definition) is 1. The van der Waals surface area contributed by atoms with Gasteiger partial charge in [0.15, 0.2) is 0 Å². The van der Waals surface area contributed by atoms with E-state index in [0.29, 0.717) is 5.56 Å². The fraction of sp³-hybridized carbons (Fsp3) is 0.273. The van der Waals surface area contributed by atoms with Crippen molar-refractivity contribution < 1.29 is 14.3 Å². The standard InChI is InChI=1S/C11H12NO3/c1-15-10(13)7-8-12-11(14)9-5-3-2-4-6-9/h3-6H,7-8H2,1H3,(H,12,14). The predicted octanol–water partition coefficient (Wildman–Crippen LogP) is 0.780. The van der Waals surface area contributed by atoms with E-state index in [-0.39, 0.29) is 24.8 Å². The van der Waals surface area contributed by atoms with E-state index < -0.39 is 0 Å². The molecule has 1 aromatic rings. The highest BCUT2D eigenvalue weighted by Crippen LogP contribution is 1.97. The summed E-state index contributed by atoms with van der Waals surface area (Å²) in [4.78, 5) is 22.2. The van der Waals surface area contributed by atoms with Crippen molar-refractivity contribution in [1.29, 1.82) is 0 Å². The second-order valence-corrected chi connectivity index (χ2v) is 2.87. The van der Waals surface area contributed by atoms with Gasteiger partial charge in [-0.25, -0.2) is 0 Å². The van der Waals surface area contributed by atoms with Crippen molar-refractivity contribution in [3.63, 3.8) is 0 Å². The molecular formula is C11H12NO3. The third-order valence-corrected chi connectivity index (χ3v) is 1.82. The molecule has 4 heteroatoms. The second kappa shape index (κ2) is 5.80. The van der Waals surface area contributed by atoms with Crippen molar-refractivity contribution in [2.45, 2.75) is 6.42 Å². The SMILES string of the molecule is COC(=O)CCNC(=O)c1cc[c]cc1. The minimum absolute atomic E-state index is 0.182. The van der Waals surface area contributed by atoms with E-state index in [1.165, 1.54) is 7.11 Å². The number of ether oxygens (including phenoxy) is 1. The molecule has 1 amide bonds. The van der Waals surface area contributed by atoms with Crippen LogP contribution in [0.15, 0.2) is 24.3 Å². The first-order valence-electron chi connectivity index (χ1n) is 4.55. The molecular weight excluding hydrogens is 194 g/mol. The maximum Gasteiger partial charge on any atom is 0.307 e. The number of carbonyl (C=O) groups excluding carboxylic acids is 2. The zero-order chi connectivity index (χ0) is 11.1. The van der Waals surface area contributed by atoms with E-state index >= 15 is 0 Å². The molecule has 1 radical (unpaired) electrons. The van der Waals surface area contributed by atoms with E-state index in [4.69, 9.17) is 0 Å². The number of methoxy groups -OCH3 is 1. The number of hydrogen-bond acceptors (Lipinski definition) is 3. The summed E-state index contributed by atoms with van der Waals surface area (Å²) < 4.78 is 4.44. The maximum atomic E-state index is 11.4. The fourth-order valence-electron chi connectivity index (χ4n) is 1.02. The lowest BCUT2D eigenvalue weighted by Gasteiger charge is -2.03. The van der Waals surface area contributed by atoms with Gasteiger partial charge in [-0.2, -0.15) is 0 Å². The molecule has 1 rings (SSSR count). The molecule has 0 aliphatic rings. The van der Waals surface area contributed by atoms with E-state index in [2.05, 4.69) is 16.1 Å². The van der Waals surface area contributed by atoms with Gasteiger partial charge in [0, 0.05) is 12.1 Å². The van der Waals surface area contributed by atoms with Crippen molar-refractivity contribution in [3.05, 3.63) is 35.9 Å². The molecule has 79 valence electrons. The Kier molecular flexibility index (Phi) is 4.34. The van der Waals surface area contributed by atoms with Gasteiger partial charge in [-0.3, -0.25) is 9.59 Å². The van der Waals surface area contributed by atoms with Crippen LogP contribution in [-0.2, 0) is 9.53 Å². The zero-order valence-corrected chi connectivity index (χ0v) is 8.45. The van der Waals surface area contributed by atoms with Gasteiger partial charge in [0.05, 0.1) is 13.5 Å².